The van der Waals surface area contributed by atoms with Crippen LogP contribution in [0.4, 0.5) is 0 Å². The molecule has 0 atom stereocenters. The van der Waals surface area contributed by atoms with Gasteiger partial charge in [-0.2, -0.15) is 0 Å². The Balaban J connectivity index is 3.15. The van der Waals surface area contributed by atoms with Gasteiger partial charge in [-0.3, -0.25) is 4.79 Å². The van der Waals surface area contributed by atoms with Crippen LogP contribution in [-0.2, 0) is 9.59 Å². The number of unbranched alkanes of at least 4 members (excludes halogenated alkanes) is 2. The van der Waals surface area contributed by atoms with Crippen molar-refractivity contribution in [3.8, 4) is 0 Å². The standard InChI is InChI=1S/C9H17NO2/c1-2-3-7-10-9(12)6-4-5-8-11/h8H,2-7H2,1H3,(H,10,12). The highest BCUT2D eigenvalue weighted by molar-refractivity contribution is 5.76. The minimum Gasteiger partial charge on any atom is -0.356 e. The van der Waals surface area contributed by atoms with Gasteiger partial charge in [0.05, 0.1) is 0 Å². The molecule has 1 amide bonds. The summed E-state index contributed by atoms with van der Waals surface area (Å²) < 4.78 is 0. The zero-order chi connectivity index (χ0) is 9.23. The fourth-order valence-electron chi connectivity index (χ4n) is 0.839. The Labute approximate surface area is 73.5 Å². The molecule has 0 aromatic carbocycles. The topological polar surface area (TPSA) is 46.2 Å². The molecule has 0 saturated carbocycles. The van der Waals surface area contributed by atoms with E-state index in [2.05, 4.69) is 12.2 Å². The molecule has 12 heavy (non-hydrogen) atoms. The lowest BCUT2D eigenvalue weighted by atomic mass is 10.2. The third kappa shape index (κ3) is 7.25. The van der Waals surface area contributed by atoms with Crippen molar-refractivity contribution in [2.24, 2.45) is 0 Å². The summed E-state index contributed by atoms with van der Waals surface area (Å²) in [7, 11) is 0. The second-order valence-corrected chi connectivity index (χ2v) is 2.76. The van der Waals surface area contributed by atoms with E-state index < -0.39 is 0 Å². The molecule has 70 valence electrons. The van der Waals surface area contributed by atoms with Crippen LogP contribution in [0, 0.1) is 0 Å². The van der Waals surface area contributed by atoms with Crippen LogP contribution in [0.2, 0.25) is 0 Å². The number of carbonyl (C=O) groups is 2. The van der Waals surface area contributed by atoms with Crippen molar-refractivity contribution in [2.75, 3.05) is 6.54 Å². The first kappa shape index (κ1) is 11.1. The van der Waals surface area contributed by atoms with Gasteiger partial charge in [0.15, 0.2) is 0 Å². The summed E-state index contributed by atoms with van der Waals surface area (Å²) in [5.74, 6) is 0.0605. The third-order valence-corrected chi connectivity index (χ3v) is 1.58. The molecule has 0 unspecified atom stereocenters. The smallest absolute Gasteiger partial charge is 0.220 e. The van der Waals surface area contributed by atoms with E-state index in [-0.39, 0.29) is 5.91 Å². The molecule has 0 aliphatic carbocycles. The summed E-state index contributed by atoms with van der Waals surface area (Å²) in [5, 5.41) is 2.79. The molecule has 0 aromatic heterocycles. The van der Waals surface area contributed by atoms with E-state index in [9.17, 15) is 9.59 Å². The monoisotopic (exact) mass is 171 g/mol. The van der Waals surface area contributed by atoms with E-state index in [1.165, 1.54) is 0 Å². The van der Waals surface area contributed by atoms with Crippen molar-refractivity contribution in [3.63, 3.8) is 0 Å². The van der Waals surface area contributed by atoms with E-state index in [1.807, 2.05) is 0 Å². The normalized spacial score (nSPS) is 9.42. The minimum atomic E-state index is 0.0605. The van der Waals surface area contributed by atoms with Gasteiger partial charge >= 0.3 is 0 Å². The predicted molar refractivity (Wildman–Crippen MR) is 47.8 cm³/mol. The van der Waals surface area contributed by atoms with Crippen molar-refractivity contribution in [2.45, 2.75) is 39.0 Å². The third-order valence-electron chi connectivity index (χ3n) is 1.58. The lowest BCUT2D eigenvalue weighted by Gasteiger charge is -2.01. The Morgan fingerprint density at radius 3 is 2.75 bits per heavy atom. The number of rotatable bonds is 7. The zero-order valence-corrected chi connectivity index (χ0v) is 7.64. The number of nitrogens with one attached hydrogen (secondary N) is 1. The SMILES string of the molecule is CCCCNC(=O)CCCC=O. The first-order valence-corrected chi connectivity index (χ1v) is 4.51. The Morgan fingerprint density at radius 1 is 1.42 bits per heavy atom. The Kier molecular flexibility index (Phi) is 7.65. The molecule has 0 aliphatic heterocycles. The van der Waals surface area contributed by atoms with Gasteiger partial charge in [-0.05, 0) is 12.8 Å². The van der Waals surface area contributed by atoms with Crippen LogP contribution in [0.25, 0.3) is 0 Å². The molecule has 3 heteroatoms. The summed E-state index contributed by atoms with van der Waals surface area (Å²) >= 11 is 0. The quantitative estimate of drug-likeness (QED) is 0.463. The highest BCUT2D eigenvalue weighted by Crippen LogP contribution is 1.92. The van der Waals surface area contributed by atoms with Gasteiger partial charge in [0.25, 0.3) is 0 Å². The molecular formula is C9H17NO2. The first-order valence-electron chi connectivity index (χ1n) is 4.51. The minimum absolute atomic E-state index is 0.0605. The number of hydrogen-bond acceptors (Lipinski definition) is 2. The van der Waals surface area contributed by atoms with Crippen LogP contribution < -0.4 is 5.32 Å². The van der Waals surface area contributed by atoms with E-state index in [1.54, 1.807) is 0 Å². The van der Waals surface area contributed by atoms with Crippen LogP contribution in [0.5, 0.6) is 0 Å². The van der Waals surface area contributed by atoms with Crippen LogP contribution in [0.1, 0.15) is 39.0 Å². The highest BCUT2D eigenvalue weighted by atomic mass is 16.1. The zero-order valence-electron chi connectivity index (χ0n) is 7.64. The number of hydrogen-bond donors (Lipinski definition) is 1. The maximum Gasteiger partial charge on any atom is 0.220 e. The van der Waals surface area contributed by atoms with Gasteiger partial charge < -0.3 is 10.1 Å². The molecule has 0 rings (SSSR count). The van der Waals surface area contributed by atoms with Crippen LogP contribution in [0.15, 0.2) is 0 Å². The molecule has 0 saturated heterocycles. The van der Waals surface area contributed by atoms with Gasteiger partial charge in [-0.1, -0.05) is 13.3 Å². The van der Waals surface area contributed by atoms with Gasteiger partial charge in [0, 0.05) is 19.4 Å². The summed E-state index contributed by atoms with van der Waals surface area (Å²) in [6.45, 7) is 2.84. The van der Waals surface area contributed by atoms with Gasteiger partial charge in [-0.15, -0.1) is 0 Å². The van der Waals surface area contributed by atoms with Gasteiger partial charge in [0.1, 0.15) is 6.29 Å². The van der Waals surface area contributed by atoms with E-state index >= 15 is 0 Å². The summed E-state index contributed by atoms with van der Waals surface area (Å²) in [6.07, 6.45) is 4.60. The van der Waals surface area contributed by atoms with Crippen molar-refractivity contribution < 1.29 is 9.59 Å². The molecule has 0 bridgehead atoms. The maximum absolute atomic E-state index is 11.0. The second-order valence-electron chi connectivity index (χ2n) is 2.76. The van der Waals surface area contributed by atoms with Crippen molar-refractivity contribution in [1.82, 2.24) is 5.32 Å². The Morgan fingerprint density at radius 2 is 2.17 bits per heavy atom. The molecule has 1 N–H and O–H groups in total. The first-order chi connectivity index (χ1) is 5.81. The molecule has 0 aromatic rings. The van der Waals surface area contributed by atoms with Gasteiger partial charge in [0.2, 0.25) is 5.91 Å². The van der Waals surface area contributed by atoms with Crippen LogP contribution >= 0.6 is 0 Å². The Bertz CT molecular complexity index is 134. The summed E-state index contributed by atoms with van der Waals surface area (Å²) in [5.41, 5.74) is 0. The van der Waals surface area contributed by atoms with Crippen molar-refractivity contribution in [3.05, 3.63) is 0 Å². The highest BCUT2D eigenvalue weighted by Gasteiger charge is 1.98. The molecule has 0 radical (unpaired) electrons. The largest absolute Gasteiger partial charge is 0.356 e. The lowest BCUT2D eigenvalue weighted by Crippen LogP contribution is -2.23. The van der Waals surface area contributed by atoms with Crippen LogP contribution in [0.3, 0.4) is 0 Å². The molecular weight excluding hydrogens is 154 g/mol. The summed E-state index contributed by atoms with van der Waals surface area (Å²) in [4.78, 5) is 20.9. The van der Waals surface area contributed by atoms with Crippen molar-refractivity contribution >= 4 is 12.2 Å². The fourth-order valence-corrected chi connectivity index (χ4v) is 0.839. The van der Waals surface area contributed by atoms with E-state index in [0.717, 1.165) is 25.7 Å². The second kappa shape index (κ2) is 8.24. The molecule has 0 aliphatic rings. The average molecular weight is 171 g/mol. The maximum atomic E-state index is 11.0. The summed E-state index contributed by atoms with van der Waals surface area (Å²) in [6, 6.07) is 0. The molecule has 3 nitrogen and oxygen atoms in total. The predicted octanol–water partition coefficient (Wildman–Crippen LogP) is 1.27. The molecule has 0 heterocycles. The van der Waals surface area contributed by atoms with Crippen molar-refractivity contribution in [1.29, 1.82) is 0 Å². The van der Waals surface area contributed by atoms with Gasteiger partial charge in [-0.25, -0.2) is 0 Å². The number of aldehydes is 1. The van der Waals surface area contributed by atoms with E-state index in [4.69, 9.17) is 0 Å². The van der Waals surface area contributed by atoms with Crippen LogP contribution in [-0.4, -0.2) is 18.7 Å². The molecule has 0 fully saturated rings. The van der Waals surface area contributed by atoms with E-state index in [0.29, 0.717) is 19.3 Å². The fraction of sp³-hybridized carbons (Fsp3) is 0.778. The number of carbonyl (C=O) groups excluding carboxylic acids is 2. The average Bonchev–Trinajstić information content (AvgIpc) is 2.06. The lowest BCUT2D eigenvalue weighted by molar-refractivity contribution is -0.121. The number of amides is 1. The Hall–Kier alpha value is -0.860. The molecule has 0 spiro atoms.